The Morgan fingerprint density at radius 1 is 1.00 bits per heavy atom. The molecular weight excluding hydrogens is 394 g/mol. The normalized spacial score (nSPS) is 22.1. The highest BCUT2D eigenvalue weighted by molar-refractivity contribution is 6.50. The molecule has 2 aliphatic rings. The molecule has 0 saturated carbocycles. The highest BCUT2D eigenvalue weighted by Gasteiger charge is 2.66. The molecule has 2 N–H and O–H groups in total. The lowest BCUT2D eigenvalue weighted by Gasteiger charge is -2.34. The lowest BCUT2D eigenvalue weighted by Crippen LogP contribution is -3.05. The Balaban J connectivity index is 1.99. The Morgan fingerprint density at radius 3 is 2.32 bits per heavy atom. The number of hydrogen-bond donors (Lipinski definition) is 2. The van der Waals surface area contributed by atoms with Crippen molar-refractivity contribution < 1.29 is 24.4 Å². The van der Waals surface area contributed by atoms with Gasteiger partial charge in [0.1, 0.15) is 5.76 Å². The van der Waals surface area contributed by atoms with E-state index in [1.165, 1.54) is 14.7 Å². The van der Waals surface area contributed by atoms with Gasteiger partial charge in [0.15, 0.2) is 5.54 Å². The molecule has 2 aromatic rings. The van der Waals surface area contributed by atoms with Crippen molar-refractivity contribution in [1.82, 2.24) is 4.90 Å². The van der Waals surface area contributed by atoms with Crippen LogP contribution in [0.1, 0.15) is 17.5 Å². The molecule has 7 heteroatoms. The first-order valence-electron chi connectivity index (χ1n) is 10.3. The van der Waals surface area contributed by atoms with Gasteiger partial charge in [0, 0.05) is 36.8 Å². The van der Waals surface area contributed by atoms with Gasteiger partial charge in [-0.15, -0.1) is 0 Å². The molecule has 0 aliphatic carbocycles. The van der Waals surface area contributed by atoms with Crippen LogP contribution in [0.25, 0.3) is 5.76 Å². The average molecular weight is 420 g/mol. The van der Waals surface area contributed by atoms with Gasteiger partial charge in [0.2, 0.25) is 0 Å². The first-order chi connectivity index (χ1) is 14.8. The monoisotopic (exact) mass is 420 g/mol. The number of hydrogen-bond acceptors (Lipinski definition) is 4. The van der Waals surface area contributed by atoms with Crippen molar-refractivity contribution in [2.24, 2.45) is 0 Å². The average Bonchev–Trinajstić information content (AvgIpc) is 3.13. The fourth-order valence-corrected chi connectivity index (χ4v) is 4.60. The van der Waals surface area contributed by atoms with Gasteiger partial charge in [0.05, 0.1) is 26.2 Å². The molecule has 2 aromatic carbocycles. The summed E-state index contributed by atoms with van der Waals surface area (Å²) in [6, 6.07) is 15.7. The number of likely N-dealkylation sites (tertiary alicyclic amines) is 1. The minimum atomic E-state index is -1.67. The number of fused-ring (bicyclic) bond motifs is 2. The van der Waals surface area contributed by atoms with Crippen molar-refractivity contribution in [3.8, 4) is 0 Å². The van der Waals surface area contributed by atoms with E-state index in [2.05, 4.69) is 0 Å². The van der Waals surface area contributed by atoms with Gasteiger partial charge < -0.3 is 19.8 Å². The molecule has 31 heavy (non-hydrogen) atoms. The van der Waals surface area contributed by atoms with Crippen molar-refractivity contribution >= 4 is 29.0 Å². The van der Waals surface area contributed by atoms with Crippen molar-refractivity contribution in [2.45, 2.75) is 12.0 Å². The zero-order valence-electron chi connectivity index (χ0n) is 17.9. The van der Waals surface area contributed by atoms with Crippen LogP contribution in [-0.4, -0.2) is 61.8 Å². The molecule has 1 fully saturated rings. The number of aliphatic hydroxyl groups excluding tert-OH is 1. The van der Waals surface area contributed by atoms with Gasteiger partial charge in [0.25, 0.3) is 17.6 Å². The van der Waals surface area contributed by atoms with Crippen LogP contribution in [0.2, 0.25) is 0 Å². The molecule has 0 radical (unpaired) electrons. The van der Waals surface area contributed by atoms with E-state index in [0.717, 1.165) is 6.54 Å². The van der Waals surface area contributed by atoms with E-state index in [-0.39, 0.29) is 17.9 Å². The number of nitrogens with zero attached hydrogens (tertiary/aromatic N) is 2. The summed E-state index contributed by atoms with van der Waals surface area (Å²) in [4.78, 5) is 44.2. The number of ketones is 1. The van der Waals surface area contributed by atoms with Crippen LogP contribution in [0.5, 0.6) is 0 Å². The third kappa shape index (κ3) is 2.96. The Morgan fingerprint density at radius 2 is 1.65 bits per heavy atom. The second-order valence-corrected chi connectivity index (χ2v) is 8.28. The fourth-order valence-electron chi connectivity index (χ4n) is 4.60. The Labute approximate surface area is 181 Å². The molecule has 0 aromatic heterocycles. The van der Waals surface area contributed by atoms with Crippen LogP contribution < -0.4 is 9.80 Å². The number of nitrogens with one attached hydrogen (secondary N) is 1. The molecule has 2 aliphatic heterocycles. The minimum Gasteiger partial charge on any atom is -0.507 e. The van der Waals surface area contributed by atoms with Crippen LogP contribution in [0.4, 0.5) is 5.69 Å². The number of rotatable bonds is 5. The Bertz CT molecular complexity index is 1090. The van der Waals surface area contributed by atoms with Crippen molar-refractivity contribution in [1.29, 1.82) is 0 Å². The SMILES string of the molecule is CN1C(=O)C2(C(=C(O)c3ccccc3)C(=O)C(=O)N2CCC[NH+](C)C)c2ccccc21. The topological polar surface area (TPSA) is 82.4 Å². The van der Waals surface area contributed by atoms with E-state index in [4.69, 9.17) is 0 Å². The summed E-state index contributed by atoms with van der Waals surface area (Å²) in [5.41, 5.74) is -0.283. The molecule has 1 unspecified atom stereocenters. The van der Waals surface area contributed by atoms with Crippen LogP contribution >= 0.6 is 0 Å². The predicted octanol–water partition coefficient (Wildman–Crippen LogP) is 0.774. The molecule has 160 valence electrons. The molecule has 1 saturated heterocycles. The summed E-state index contributed by atoms with van der Waals surface area (Å²) >= 11 is 0. The summed E-state index contributed by atoms with van der Waals surface area (Å²) in [6.45, 7) is 0.999. The lowest BCUT2D eigenvalue weighted by atomic mass is 9.82. The van der Waals surface area contributed by atoms with Gasteiger partial charge in [-0.2, -0.15) is 0 Å². The lowest BCUT2D eigenvalue weighted by molar-refractivity contribution is -0.858. The van der Waals surface area contributed by atoms with Crippen molar-refractivity contribution in [3.63, 3.8) is 0 Å². The second-order valence-electron chi connectivity index (χ2n) is 8.28. The molecule has 4 rings (SSSR count). The zero-order valence-corrected chi connectivity index (χ0v) is 17.9. The van der Waals surface area contributed by atoms with Gasteiger partial charge in [-0.05, 0) is 6.07 Å². The van der Waals surface area contributed by atoms with Crippen LogP contribution in [-0.2, 0) is 19.9 Å². The quantitative estimate of drug-likeness (QED) is 0.425. The van der Waals surface area contributed by atoms with E-state index in [9.17, 15) is 19.5 Å². The number of carbonyl (C=O) groups excluding carboxylic acids is 3. The van der Waals surface area contributed by atoms with Crippen molar-refractivity contribution in [3.05, 3.63) is 71.3 Å². The number of anilines is 1. The first-order valence-corrected chi connectivity index (χ1v) is 10.3. The number of Topliss-reactive ketones (excluding diaryl/α,β-unsaturated/α-hetero) is 1. The van der Waals surface area contributed by atoms with E-state index in [1.807, 2.05) is 14.1 Å². The predicted molar refractivity (Wildman–Crippen MR) is 117 cm³/mol. The maximum atomic E-state index is 13.8. The Kier molecular flexibility index (Phi) is 5.15. The second kappa shape index (κ2) is 7.67. The molecule has 2 heterocycles. The highest BCUT2D eigenvalue weighted by atomic mass is 16.3. The molecule has 0 bridgehead atoms. The van der Waals surface area contributed by atoms with Crippen LogP contribution in [0, 0.1) is 0 Å². The standard InChI is InChI=1S/C24H25N3O4/c1-25(2)14-9-15-27-22(30)21(29)19(20(28)16-10-5-4-6-11-16)24(27)17-12-7-8-13-18(17)26(3)23(24)31/h4-8,10-13,28H,9,14-15H2,1-3H3/p+1. The number of aliphatic hydroxyl groups is 1. The van der Waals surface area contributed by atoms with E-state index >= 15 is 0 Å². The molecule has 1 atom stereocenters. The number of quaternary nitrogens is 1. The number of carbonyl (C=O) groups is 3. The number of para-hydroxylation sites is 1. The van der Waals surface area contributed by atoms with Crippen molar-refractivity contribution in [2.75, 3.05) is 39.1 Å². The van der Waals surface area contributed by atoms with Gasteiger partial charge >= 0.3 is 0 Å². The van der Waals surface area contributed by atoms with Crippen LogP contribution in [0.15, 0.2) is 60.2 Å². The first kappa shape index (κ1) is 20.8. The summed E-state index contributed by atoms with van der Waals surface area (Å²) in [7, 11) is 5.63. The fraction of sp³-hybridized carbons (Fsp3) is 0.292. The zero-order chi connectivity index (χ0) is 22.3. The molecule has 1 spiro atoms. The number of likely N-dealkylation sites (N-methyl/N-ethyl adjacent to an activating group) is 1. The van der Waals surface area contributed by atoms with Gasteiger partial charge in [-0.25, -0.2) is 0 Å². The third-order valence-corrected chi connectivity index (χ3v) is 6.05. The van der Waals surface area contributed by atoms with E-state index < -0.39 is 23.1 Å². The van der Waals surface area contributed by atoms with E-state index in [0.29, 0.717) is 23.2 Å². The number of benzene rings is 2. The third-order valence-electron chi connectivity index (χ3n) is 6.05. The van der Waals surface area contributed by atoms with E-state index in [1.54, 1.807) is 61.6 Å². The maximum Gasteiger partial charge on any atom is 0.296 e. The summed E-state index contributed by atoms with van der Waals surface area (Å²) in [6.07, 6.45) is 0.613. The summed E-state index contributed by atoms with van der Waals surface area (Å²) < 4.78 is 0. The summed E-state index contributed by atoms with van der Waals surface area (Å²) in [5, 5.41) is 11.2. The number of amides is 2. The van der Waals surface area contributed by atoms with Gasteiger partial charge in [-0.1, -0.05) is 48.5 Å². The van der Waals surface area contributed by atoms with Crippen LogP contribution in [0.3, 0.4) is 0 Å². The maximum absolute atomic E-state index is 13.8. The largest absolute Gasteiger partial charge is 0.507 e. The Hall–Kier alpha value is -3.45. The molecule has 2 amide bonds. The highest BCUT2D eigenvalue weighted by Crippen LogP contribution is 2.53. The molecular formula is C24H26N3O4+. The smallest absolute Gasteiger partial charge is 0.296 e. The minimum absolute atomic E-state index is 0.164. The molecule has 7 nitrogen and oxygen atoms in total. The summed E-state index contributed by atoms with van der Waals surface area (Å²) in [5.74, 6) is -2.34. The van der Waals surface area contributed by atoms with Gasteiger partial charge in [-0.3, -0.25) is 14.4 Å².